The summed E-state index contributed by atoms with van der Waals surface area (Å²) >= 11 is 0. The minimum atomic E-state index is -2.90. The van der Waals surface area contributed by atoms with Crippen molar-refractivity contribution in [3.63, 3.8) is 0 Å². The summed E-state index contributed by atoms with van der Waals surface area (Å²) in [5.41, 5.74) is 1.38. The minimum absolute atomic E-state index is 0.0282. The number of amides is 1. The fourth-order valence-corrected chi connectivity index (χ4v) is 5.36. The van der Waals surface area contributed by atoms with Crippen LogP contribution in [0.2, 0.25) is 0 Å². The molecule has 1 aromatic carbocycles. The van der Waals surface area contributed by atoms with Crippen LogP contribution in [-0.4, -0.2) is 67.8 Å². The van der Waals surface area contributed by atoms with Gasteiger partial charge in [-0.15, -0.1) is 0 Å². The Morgan fingerprint density at radius 1 is 1.19 bits per heavy atom. The number of carbonyl (C=O) groups excluding carboxylic acids is 3. The lowest BCUT2D eigenvalue weighted by Gasteiger charge is -2.52. The van der Waals surface area contributed by atoms with E-state index < -0.39 is 75.6 Å². The fourth-order valence-electron chi connectivity index (χ4n) is 5.36. The molecule has 3 aliphatic carbocycles. The second-order valence-corrected chi connectivity index (χ2v) is 8.15. The molecular formula is C21H22N2O8. The average molecular weight is 430 g/mol. The highest BCUT2D eigenvalue weighted by Gasteiger charge is 2.67. The maximum Gasteiger partial charge on any atom is 0.255 e. The molecule has 1 aromatic rings. The Balaban J connectivity index is 2.06. The second-order valence-electron chi connectivity index (χ2n) is 8.15. The van der Waals surface area contributed by atoms with Gasteiger partial charge in [-0.3, -0.25) is 14.4 Å². The van der Waals surface area contributed by atoms with Gasteiger partial charge in [-0.1, -0.05) is 19.1 Å². The van der Waals surface area contributed by atoms with Gasteiger partial charge in [-0.25, -0.2) is 0 Å². The number of hydrogen-bond donors (Lipinski definition) is 7. The Bertz CT molecular complexity index is 1110. The second kappa shape index (κ2) is 6.64. The maximum absolute atomic E-state index is 13.5. The first kappa shape index (κ1) is 21.0. The van der Waals surface area contributed by atoms with Gasteiger partial charge in [0.1, 0.15) is 22.8 Å². The highest BCUT2D eigenvalue weighted by atomic mass is 16.4. The lowest BCUT2D eigenvalue weighted by molar-refractivity contribution is -0.164. The molecule has 1 fully saturated rings. The van der Waals surface area contributed by atoms with Gasteiger partial charge in [0.2, 0.25) is 5.78 Å². The van der Waals surface area contributed by atoms with Crippen LogP contribution in [0.5, 0.6) is 5.75 Å². The number of phenols is 1. The highest BCUT2D eigenvalue weighted by Crippen LogP contribution is 2.55. The lowest BCUT2D eigenvalue weighted by Crippen LogP contribution is -2.70. The van der Waals surface area contributed by atoms with E-state index in [2.05, 4.69) is 5.32 Å². The van der Waals surface area contributed by atoms with Crippen LogP contribution in [0.3, 0.4) is 0 Å². The summed E-state index contributed by atoms with van der Waals surface area (Å²) in [6, 6.07) is 3.06. The molecular weight excluding hydrogens is 408 g/mol. The zero-order valence-corrected chi connectivity index (χ0v) is 16.7. The van der Waals surface area contributed by atoms with Crippen LogP contribution < -0.4 is 11.1 Å². The summed E-state index contributed by atoms with van der Waals surface area (Å²) in [6.45, 7) is 1.67. The number of Topliss-reactive ketones (excluding diaryl/α,β-unsaturated/α-hetero) is 2. The predicted octanol–water partition coefficient (Wildman–Crippen LogP) is -0.846. The van der Waals surface area contributed by atoms with E-state index >= 15 is 0 Å². The molecule has 0 radical (unpaired) electrons. The van der Waals surface area contributed by atoms with Crippen molar-refractivity contribution in [1.29, 1.82) is 0 Å². The molecule has 0 bridgehead atoms. The number of ketones is 2. The average Bonchev–Trinajstić information content (AvgIpc) is 2.70. The molecule has 0 saturated heterocycles. The van der Waals surface area contributed by atoms with Gasteiger partial charge >= 0.3 is 0 Å². The van der Waals surface area contributed by atoms with Crippen molar-refractivity contribution < 1.29 is 39.9 Å². The quantitative estimate of drug-likeness (QED) is 0.293. The van der Waals surface area contributed by atoms with Crippen molar-refractivity contribution in [1.82, 2.24) is 5.32 Å². The number of primary amides is 1. The molecule has 164 valence electrons. The Morgan fingerprint density at radius 2 is 1.84 bits per heavy atom. The van der Waals surface area contributed by atoms with E-state index in [0.717, 1.165) is 0 Å². The normalized spacial score (nSPS) is 34.9. The van der Waals surface area contributed by atoms with Crippen LogP contribution >= 0.6 is 0 Å². The standard InChI is InChI=1S/C21H22N2O8/c1-6-7-4-3-5-8(24)10(7)15(25)11-9(6)16(26)13-14(23-2)17(27)12(20(22)30)19(29)21(13,31)18(11)28/h3-6,9,13-14,16,23-26,29,31H,1-2H3,(H2,22,30). The summed E-state index contributed by atoms with van der Waals surface area (Å²) in [6.07, 6.45) is -1.59. The van der Waals surface area contributed by atoms with E-state index in [0.29, 0.717) is 5.56 Å². The zero-order valence-electron chi connectivity index (χ0n) is 16.7. The van der Waals surface area contributed by atoms with E-state index in [1.165, 1.54) is 13.1 Å². The van der Waals surface area contributed by atoms with E-state index in [9.17, 15) is 39.9 Å². The minimum Gasteiger partial charge on any atom is -0.508 e. The summed E-state index contributed by atoms with van der Waals surface area (Å²) in [7, 11) is 1.33. The van der Waals surface area contributed by atoms with Crippen LogP contribution in [-0.2, 0) is 14.4 Å². The van der Waals surface area contributed by atoms with Crippen molar-refractivity contribution in [3.05, 3.63) is 46.2 Å². The maximum atomic E-state index is 13.5. The number of phenolic OH excluding ortho intramolecular Hbond substituents is 1. The van der Waals surface area contributed by atoms with E-state index in [1.54, 1.807) is 19.1 Å². The van der Waals surface area contributed by atoms with Gasteiger partial charge in [0.05, 0.1) is 23.6 Å². The largest absolute Gasteiger partial charge is 0.508 e. The number of hydrogen-bond acceptors (Lipinski definition) is 9. The SMILES string of the molecule is CNC1C(=O)C(C(N)=O)=C(O)C2(O)C(=O)C3=C(O)c4c(O)cccc4C(C)C3C(O)C12. The van der Waals surface area contributed by atoms with Crippen LogP contribution in [0.15, 0.2) is 35.1 Å². The summed E-state index contributed by atoms with van der Waals surface area (Å²) in [4.78, 5) is 38.2. The van der Waals surface area contributed by atoms with Gasteiger partial charge < -0.3 is 36.6 Å². The molecule has 0 spiro atoms. The van der Waals surface area contributed by atoms with Gasteiger partial charge in [0.25, 0.3) is 5.91 Å². The number of nitrogens with two attached hydrogens (primary N) is 1. The number of benzene rings is 1. The number of aromatic hydroxyl groups is 1. The molecule has 8 N–H and O–H groups in total. The smallest absolute Gasteiger partial charge is 0.255 e. The molecule has 1 amide bonds. The van der Waals surface area contributed by atoms with E-state index in [-0.39, 0.29) is 11.3 Å². The molecule has 6 atom stereocenters. The lowest BCUT2D eigenvalue weighted by atomic mass is 9.54. The molecule has 6 unspecified atom stereocenters. The summed E-state index contributed by atoms with van der Waals surface area (Å²) in [5, 5.41) is 57.0. The third-order valence-corrected chi connectivity index (χ3v) is 6.78. The van der Waals surface area contributed by atoms with Crippen LogP contribution in [0.25, 0.3) is 5.76 Å². The molecule has 3 aliphatic rings. The van der Waals surface area contributed by atoms with Crippen LogP contribution in [0.4, 0.5) is 0 Å². The number of nitrogens with one attached hydrogen (secondary N) is 1. The predicted molar refractivity (Wildman–Crippen MR) is 106 cm³/mol. The Labute approximate surface area is 176 Å². The Kier molecular flexibility index (Phi) is 4.51. The number of likely N-dealkylation sites (N-methyl/N-ethyl adjacent to an activating group) is 1. The first-order chi connectivity index (χ1) is 14.5. The fraction of sp³-hybridized carbons (Fsp3) is 0.381. The van der Waals surface area contributed by atoms with Gasteiger partial charge in [0.15, 0.2) is 11.4 Å². The molecule has 10 heteroatoms. The number of aliphatic hydroxyl groups is 4. The van der Waals surface area contributed by atoms with Crippen LogP contribution in [0, 0.1) is 11.8 Å². The first-order valence-electron chi connectivity index (χ1n) is 9.65. The molecule has 0 aromatic heterocycles. The van der Waals surface area contributed by atoms with E-state index in [1.807, 2.05) is 0 Å². The number of rotatable bonds is 2. The Morgan fingerprint density at radius 3 is 2.42 bits per heavy atom. The van der Waals surface area contributed by atoms with Gasteiger partial charge in [-0.05, 0) is 24.6 Å². The highest BCUT2D eigenvalue weighted by molar-refractivity contribution is 6.24. The zero-order chi connectivity index (χ0) is 23.0. The third-order valence-electron chi connectivity index (χ3n) is 6.78. The molecule has 1 saturated carbocycles. The van der Waals surface area contributed by atoms with Crippen molar-refractivity contribution >= 4 is 23.2 Å². The van der Waals surface area contributed by atoms with Crippen molar-refractivity contribution in [3.8, 4) is 5.75 Å². The first-order valence-corrected chi connectivity index (χ1v) is 9.65. The Hall–Kier alpha value is -3.21. The summed E-state index contributed by atoms with van der Waals surface area (Å²) in [5.74, 6) is -8.96. The molecule has 0 heterocycles. The third kappa shape index (κ3) is 2.40. The van der Waals surface area contributed by atoms with Gasteiger partial charge in [-0.2, -0.15) is 0 Å². The van der Waals surface area contributed by atoms with Crippen molar-refractivity contribution in [2.24, 2.45) is 17.6 Å². The van der Waals surface area contributed by atoms with Crippen molar-refractivity contribution in [2.75, 3.05) is 7.05 Å². The van der Waals surface area contributed by atoms with Crippen LogP contribution in [0.1, 0.15) is 24.0 Å². The molecule has 31 heavy (non-hydrogen) atoms. The molecule has 0 aliphatic heterocycles. The topological polar surface area (TPSA) is 190 Å². The molecule has 10 nitrogen and oxygen atoms in total. The summed E-state index contributed by atoms with van der Waals surface area (Å²) < 4.78 is 0. The van der Waals surface area contributed by atoms with Gasteiger partial charge in [0, 0.05) is 11.5 Å². The number of aliphatic hydroxyl groups excluding tert-OH is 3. The number of carbonyl (C=O) groups is 3. The molecule has 4 rings (SSSR count). The number of fused-ring (bicyclic) bond motifs is 3. The van der Waals surface area contributed by atoms with Crippen molar-refractivity contribution in [2.45, 2.75) is 30.6 Å². The van der Waals surface area contributed by atoms with E-state index in [4.69, 9.17) is 5.73 Å². The monoisotopic (exact) mass is 430 g/mol.